The number of hydrogen-bond donors (Lipinski definition) is 2. The van der Waals surface area contributed by atoms with E-state index in [9.17, 15) is 4.79 Å². The van der Waals surface area contributed by atoms with Gasteiger partial charge >= 0.3 is 0 Å². The average Bonchev–Trinajstić information content (AvgIpc) is 2.78. The highest BCUT2D eigenvalue weighted by Gasteiger charge is 2.16. The Kier molecular flexibility index (Phi) is 3.05. The van der Waals surface area contributed by atoms with Crippen LogP contribution in [0.25, 0.3) is 10.9 Å². The van der Waals surface area contributed by atoms with Crippen molar-refractivity contribution in [2.24, 2.45) is 11.7 Å². The van der Waals surface area contributed by atoms with Crippen LogP contribution in [0.5, 0.6) is 0 Å². The number of amides is 1. The molecule has 0 aliphatic heterocycles. The van der Waals surface area contributed by atoms with Crippen LogP contribution in [0.4, 0.5) is 0 Å². The second-order valence-corrected chi connectivity index (χ2v) is 5.70. The molecule has 0 radical (unpaired) electrons. The van der Waals surface area contributed by atoms with Crippen molar-refractivity contribution in [2.75, 3.05) is 0 Å². The molecule has 1 aliphatic carbocycles. The van der Waals surface area contributed by atoms with Crippen molar-refractivity contribution in [1.29, 1.82) is 0 Å². The van der Waals surface area contributed by atoms with Gasteiger partial charge in [0.25, 0.3) is 0 Å². The van der Waals surface area contributed by atoms with Crippen LogP contribution >= 0.6 is 0 Å². The zero-order valence-electron chi connectivity index (χ0n) is 11.3. The fourth-order valence-electron chi connectivity index (χ4n) is 3.01. The Morgan fingerprint density at radius 3 is 2.68 bits per heavy atom. The van der Waals surface area contributed by atoms with Gasteiger partial charge in [0, 0.05) is 23.0 Å². The number of nitrogens with two attached hydrogens (primary N) is 1. The third-order valence-corrected chi connectivity index (χ3v) is 4.24. The maximum absolute atomic E-state index is 11.2. The number of H-pyrrole nitrogens is 1. The number of aromatic amines is 1. The number of carbonyl (C=O) groups is 1. The molecule has 1 unspecified atom stereocenters. The molecule has 1 atom stereocenters. The summed E-state index contributed by atoms with van der Waals surface area (Å²) in [5.74, 6) is -0.345. The van der Waals surface area contributed by atoms with Crippen LogP contribution in [-0.2, 0) is 24.1 Å². The van der Waals surface area contributed by atoms with Crippen LogP contribution < -0.4 is 5.73 Å². The number of carbonyl (C=O) groups excluding carboxylic acids is 1. The molecule has 1 heterocycles. The number of hydrogen-bond acceptors (Lipinski definition) is 1. The van der Waals surface area contributed by atoms with E-state index in [1.54, 1.807) is 0 Å². The molecule has 0 bridgehead atoms. The summed E-state index contributed by atoms with van der Waals surface area (Å²) in [6.45, 7) is 1.89. The predicted molar refractivity (Wildman–Crippen MR) is 77.0 cm³/mol. The van der Waals surface area contributed by atoms with E-state index in [1.807, 2.05) is 13.1 Å². The summed E-state index contributed by atoms with van der Waals surface area (Å²) < 4.78 is 0. The van der Waals surface area contributed by atoms with Crippen molar-refractivity contribution in [3.63, 3.8) is 0 Å². The number of aromatic nitrogens is 1. The third kappa shape index (κ3) is 2.25. The fraction of sp³-hybridized carbons (Fsp3) is 0.438. The molecular weight excluding hydrogens is 236 g/mol. The van der Waals surface area contributed by atoms with Crippen LogP contribution in [0.15, 0.2) is 18.3 Å². The number of rotatable bonds is 3. The maximum Gasteiger partial charge on any atom is 0.220 e. The summed E-state index contributed by atoms with van der Waals surface area (Å²) in [4.78, 5) is 14.5. The first-order valence-corrected chi connectivity index (χ1v) is 7.06. The van der Waals surface area contributed by atoms with Gasteiger partial charge in [-0.3, -0.25) is 4.79 Å². The molecule has 2 aromatic rings. The van der Waals surface area contributed by atoms with Gasteiger partial charge in [-0.25, -0.2) is 0 Å². The van der Waals surface area contributed by atoms with E-state index >= 15 is 0 Å². The van der Waals surface area contributed by atoms with E-state index in [4.69, 9.17) is 5.73 Å². The Bertz CT molecular complexity index is 627. The minimum absolute atomic E-state index is 0.116. The van der Waals surface area contributed by atoms with Crippen molar-refractivity contribution >= 4 is 16.8 Å². The van der Waals surface area contributed by atoms with Crippen molar-refractivity contribution in [3.05, 3.63) is 35.0 Å². The second kappa shape index (κ2) is 4.72. The van der Waals surface area contributed by atoms with Gasteiger partial charge in [-0.1, -0.05) is 6.92 Å². The van der Waals surface area contributed by atoms with E-state index in [2.05, 4.69) is 17.1 Å². The molecule has 1 aromatic heterocycles. The molecule has 1 amide bonds. The van der Waals surface area contributed by atoms with Crippen molar-refractivity contribution < 1.29 is 4.79 Å². The fourth-order valence-corrected chi connectivity index (χ4v) is 3.01. The number of aryl methyl sites for hydroxylation is 2. The van der Waals surface area contributed by atoms with Crippen molar-refractivity contribution in [1.82, 2.24) is 4.98 Å². The average molecular weight is 256 g/mol. The lowest BCUT2D eigenvalue weighted by Crippen LogP contribution is -2.22. The molecule has 1 aliphatic rings. The zero-order chi connectivity index (χ0) is 13.4. The summed E-state index contributed by atoms with van der Waals surface area (Å²) in [7, 11) is 0. The summed E-state index contributed by atoms with van der Waals surface area (Å²) in [5, 5.41) is 1.26. The molecule has 100 valence electrons. The Labute approximate surface area is 113 Å². The van der Waals surface area contributed by atoms with Crippen LogP contribution in [0, 0.1) is 5.92 Å². The molecule has 0 saturated carbocycles. The molecule has 3 nitrogen and oxygen atoms in total. The van der Waals surface area contributed by atoms with E-state index in [0.717, 1.165) is 0 Å². The van der Waals surface area contributed by atoms with E-state index in [-0.39, 0.29) is 11.8 Å². The summed E-state index contributed by atoms with van der Waals surface area (Å²) in [6.07, 6.45) is 7.70. The highest BCUT2D eigenvalue weighted by atomic mass is 16.1. The van der Waals surface area contributed by atoms with E-state index in [0.29, 0.717) is 6.42 Å². The molecule has 0 saturated heterocycles. The summed E-state index contributed by atoms with van der Waals surface area (Å²) in [6, 6.07) is 4.59. The standard InChI is InChI=1S/C16H20N2O/c1-10(16(17)19)6-13-9-18-15-8-12-5-3-2-4-11(12)7-14(13)15/h7-10,18H,2-6H2,1H3,(H2,17,19). The monoisotopic (exact) mass is 256 g/mol. The second-order valence-electron chi connectivity index (χ2n) is 5.70. The Morgan fingerprint density at radius 1 is 1.32 bits per heavy atom. The van der Waals surface area contributed by atoms with Gasteiger partial charge in [0.05, 0.1) is 0 Å². The molecular formula is C16H20N2O. The third-order valence-electron chi connectivity index (χ3n) is 4.24. The molecule has 0 fully saturated rings. The number of benzene rings is 1. The van der Waals surface area contributed by atoms with Gasteiger partial charge in [0.2, 0.25) is 5.91 Å². The zero-order valence-corrected chi connectivity index (χ0v) is 11.3. The Hall–Kier alpha value is -1.77. The molecule has 1 aromatic carbocycles. The largest absolute Gasteiger partial charge is 0.369 e. The molecule has 3 rings (SSSR count). The quantitative estimate of drug-likeness (QED) is 0.871. The normalized spacial score (nSPS) is 16.3. The van der Waals surface area contributed by atoms with Crippen LogP contribution in [0.1, 0.15) is 36.5 Å². The van der Waals surface area contributed by atoms with E-state index in [1.165, 1.54) is 53.3 Å². The first-order valence-electron chi connectivity index (χ1n) is 7.06. The lowest BCUT2D eigenvalue weighted by molar-refractivity contribution is -0.121. The molecule has 3 heteroatoms. The predicted octanol–water partition coefficient (Wildman–Crippen LogP) is 2.71. The van der Waals surface area contributed by atoms with Gasteiger partial charge in [-0.05, 0) is 60.9 Å². The first-order chi connectivity index (χ1) is 9.15. The lowest BCUT2D eigenvalue weighted by atomic mass is 9.89. The van der Waals surface area contributed by atoms with Crippen LogP contribution in [-0.4, -0.2) is 10.9 Å². The SMILES string of the molecule is CC(Cc1c[nH]c2cc3c(cc12)CCCC3)C(N)=O. The number of nitrogens with one attached hydrogen (secondary N) is 1. The van der Waals surface area contributed by atoms with Gasteiger partial charge in [-0.15, -0.1) is 0 Å². The van der Waals surface area contributed by atoms with Gasteiger partial charge in [-0.2, -0.15) is 0 Å². The van der Waals surface area contributed by atoms with Gasteiger partial charge in [0.15, 0.2) is 0 Å². The first kappa shape index (κ1) is 12.3. The van der Waals surface area contributed by atoms with Gasteiger partial charge in [0.1, 0.15) is 0 Å². The lowest BCUT2D eigenvalue weighted by Gasteiger charge is -2.16. The smallest absolute Gasteiger partial charge is 0.220 e. The number of fused-ring (bicyclic) bond motifs is 2. The molecule has 3 N–H and O–H groups in total. The van der Waals surface area contributed by atoms with Crippen molar-refractivity contribution in [3.8, 4) is 0 Å². The topological polar surface area (TPSA) is 58.9 Å². The van der Waals surface area contributed by atoms with Gasteiger partial charge < -0.3 is 10.7 Å². The highest BCUT2D eigenvalue weighted by molar-refractivity contribution is 5.86. The minimum Gasteiger partial charge on any atom is -0.369 e. The minimum atomic E-state index is -0.229. The van der Waals surface area contributed by atoms with Crippen LogP contribution in [0.3, 0.4) is 0 Å². The van der Waals surface area contributed by atoms with Crippen molar-refractivity contribution in [2.45, 2.75) is 39.0 Å². The Balaban J connectivity index is 2.00. The molecule has 19 heavy (non-hydrogen) atoms. The number of primary amides is 1. The van der Waals surface area contributed by atoms with E-state index < -0.39 is 0 Å². The summed E-state index contributed by atoms with van der Waals surface area (Å²) in [5.41, 5.74) is 10.7. The maximum atomic E-state index is 11.2. The van der Waals surface area contributed by atoms with Crippen LogP contribution in [0.2, 0.25) is 0 Å². The summed E-state index contributed by atoms with van der Waals surface area (Å²) >= 11 is 0. The molecule has 0 spiro atoms. The highest BCUT2D eigenvalue weighted by Crippen LogP contribution is 2.29. The Morgan fingerprint density at radius 2 is 2.00 bits per heavy atom.